The summed E-state index contributed by atoms with van der Waals surface area (Å²) in [5.41, 5.74) is 2.04. The van der Waals surface area contributed by atoms with Crippen LogP contribution in [-0.4, -0.2) is 23.0 Å². The number of benzene rings is 2. The molecule has 3 rings (SSSR count). The van der Waals surface area contributed by atoms with Gasteiger partial charge in [-0.1, -0.05) is 26.0 Å². The van der Waals surface area contributed by atoms with Crippen LogP contribution in [0, 0.1) is 0 Å². The normalized spacial score (nSPS) is 12.9. The molecule has 1 heterocycles. The zero-order valence-corrected chi connectivity index (χ0v) is 14.8. The van der Waals surface area contributed by atoms with Crippen LogP contribution in [0.3, 0.4) is 0 Å². The maximum absolute atomic E-state index is 12.2. The number of rotatable bonds is 5. The number of hydrogen-bond acceptors (Lipinski definition) is 4. The van der Waals surface area contributed by atoms with E-state index in [2.05, 4.69) is 24.5 Å². The number of anilines is 1. The highest BCUT2D eigenvalue weighted by Gasteiger charge is 2.26. The lowest BCUT2D eigenvalue weighted by atomic mass is 10.1. The molecule has 0 atom stereocenters. The number of carbonyl (C=O) groups is 3. The second kappa shape index (κ2) is 7.11. The molecule has 1 aliphatic rings. The molecular weight excluding hydrogens is 336 g/mol. The Morgan fingerprint density at radius 3 is 2.40 bits per heavy atom. The van der Waals surface area contributed by atoms with E-state index in [0.29, 0.717) is 16.5 Å². The summed E-state index contributed by atoms with van der Waals surface area (Å²) in [5, 5.41) is 5.51. The third-order valence-corrected chi connectivity index (χ3v) is 4.70. The van der Waals surface area contributed by atoms with E-state index in [1.807, 2.05) is 24.3 Å². The van der Waals surface area contributed by atoms with Crippen molar-refractivity contribution < 1.29 is 14.4 Å². The van der Waals surface area contributed by atoms with Crippen LogP contribution in [0.25, 0.3) is 0 Å². The first-order valence-corrected chi connectivity index (χ1v) is 8.85. The molecule has 2 aromatic rings. The molecule has 128 valence electrons. The van der Waals surface area contributed by atoms with Crippen molar-refractivity contribution in [2.75, 3.05) is 5.32 Å². The minimum Gasteiger partial charge on any atom is -0.326 e. The van der Waals surface area contributed by atoms with Gasteiger partial charge in [-0.25, -0.2) is 0 Å². The first kappa shape index (κ1) is 17.2. The van der Waals surface area contributed by atoms with Gasteiger partial charge in [0.15, 0.2) is 0 Å². The Kier molecular flexibility index (Phi) is 4.90. The van der Waals surface area contributed by atoms with Crippen molar-refractivity contribution in [1.82, 2.24) is 5.32 Å². The van der Waals surface area contributed by atoms with Crippen molar-refractivity contribution in [3.63, 3.8) is 0 Å². The first-order chi connectivity index (χ1) is 11.9. The average Bonchev–Trinajstić information content (AvgIpc) is 2.83. The molecule has 0 bridgehead atoms. The van der Waals surface area contributed by atoms with Crippen molar-refractivity contribution in [3.05, 3.63) is 59.2 Å². The molecule has 0 radical (unpaired) electrons. The van der Waals surface area contributed by atoms with Crippen LogP contribution in [0.4, 0.5) is 5.69 Å². The molecule has 2 aromatic carbocycles. The fourth-order valence-corrected chi connectivity index (χ4v) is 3.43. The molecular formula is C19H18N2O3S. The van der Waals surface area contributed by atoms with Crippen molar-refractivity contribution in [2.24, 2.45) is 0 Å². The minimum atomic E-state index is -0.436. The summed E-state index contributed by atoms with van der Waals surface area (Å²) in [5.74, 6) is -1.01. The van der Waals surface area contributed by atoms with E-state index in [9.17, 15) is 14.4 Å². The Bertz CT molecular complexity index is 844. The van der Waals surface area contributed by atoms with Gasteiger partial charge in [0.2, 0.25) is 5.91 Å². The minimum absolute atomic E-state index is 0.172. The van der Waals surface area contributed by atoms with E-state index < -0.39 is 11.8 Å². The average molecular weight is 354 g/mol. The Morgan fingerprint density at radius 1 is 1.04 bits per heavy atom. The van der Waals surface area contributed by atoms with Gasteiger partial charge in [-0.3, -0.25) is 19.7 Å². The lowest BCUT2D eigenvalue weighted by molar-refractivity contribution is -0.115. The van der Waals surface area contributed by atoms with Gasteiger partial charge in [0.25, 0.3) is 11.8 Å². The molecule has 0 unspecified atom stereocenters. The quantitative estimate of drug-likeness (QED) is 0.638. The predicted molar refractivity (Wildman–Crippen MR) is 98.0 cm³/mol. The standard InChI is InChI=1S/C19H18N2O3S/c1-11(2)25-14-6-3-12(4-7-14)9-17(22)20-13-5-8-15-16(10-13)19(24)21-18(15)23/h3-8,10-11H,9H2,1-2H3,(H,20,22)(H,21,23,24). The molecule has 0 spiro atoms. The summed E-state index contributed by atoms with van der Waals surface area (Å²) >= 11 is 1.77. The molecule has 25 heavy (non-hydrogen) atoms. The van der Waals surface area contributed by atoms with E-state index in [4.69, 9.17) is 0 Å². The molecule has 2 N–H and O–H groups in total. The summed E-state index contributed by atoms with van der Waals surface area (Å²) in [7, 11) is 0. The van der Waals surface area contributed by atoms with E-state index >= 15 is 0 Å². The number of fused-ring (bicyclic) bond motifs is 1. The van der Waals surface area contributed by atoms with Gasteiger partial charge in [-0.15, -0.1) is 11.8 Å². The van der Waals surface area contributed by atoms with Crippen LogP contribution in [0.1, 0.15) is 40.1 Å². The third-order valence-electron chi connectivity index (χ3n) is 3.68. The first-order valence-electron chi connectivity index (χ1n) is 7.97. The van der Waals surface area contributed by atoms with Crippen LogP contribution >= 0.6 is 11.8 Å². The van der Waals surface area contributed by atoms with E-state index in [0.717, 1.165) is 5.56 Å². The summed E-state index contributed by atoms with van der Waals surface area (Å²) in [6.07, 6.45) is 0.245. The Balaban J connectivity index is 1.64. The second-order valence-electron chi connectivity index (χ2n) is 6.08. The van der Waals surface area contributed by atoms with Gasteiger partial charge in [-0.05, 0) is 35.9 Å². The van der Waals surface area contributed by atoms with Crippen LogP contribution in [0.2, 0.25) is 0 Å². The van der Waals surface area contributed by atoms with Crippen LogP contribution in [0.5, 0.6) is 0 Å². The lowest BCUT2D eigenvalue weighted by Crippen LogP contribution is -2.19. The van der Waals surface area contributed by atoms with Gasteiger partial charge in [0, 0.05) is 15.8 Å². The molecule has 0 fully saturated rings. The fourth-order valence-electron chi connectivity index (χ4n) is 2.59. The number of nitrogens with one attached hydrogen (secondary N) is 2. The molecule has 0 saturated heterocycles. The number of thioether (sulfide) groups is 1. The largest absolute Gasteiger partial charge is 0.326 e. The van der Waals surface area contributed by atoms with Gasteiger partial charge in [0.1, 0.15) is 0 Å². The molecule has 5 nitrogen and oxygen atoms in total. The Hall–Kier alpha value is -2.60. The number of amides is 3. The predicted octanol–water partition coefficient (Wildman–Crippen LogP) is 3.25. The molecule has 0 saturated carbocycles. The topological polar surface area (TPSA) is 75.3 Å². The summed E-state index contributed by atoms with van der Waals surface area (Å²) in [6.45, 7) is 4.27. The van der Waals surface area contributed by atoms with Crippen molar-refractivity contribution in [2.45, 2.75) is 30.4 Å². The SMILES string of the molecule is CC(C)Sc1ccc(CC(=O)Nc2ccc3c(c2)C(=O)NC3=O)cc1. The monoisotopic (exact) mass is 354 g/mol. The zero-order valence-electron chi connectivity index (χ0n) is 14.0. The van der Waals surface area contributed by atoms with Crippen molar-refractivity contribution in [3.8, 4) is 0 Å². The maximum Gasteiger partial charge on any atom is 0.259 e. The van der Waals surface area contributed by atoms with Gasteiger partial charge in [0.05, 0.1) is 17.5 Å². The highest BCUT2D eigenvalue weighted by molar-refractivity contribution is 7.99. The van der Waals surface area contributed by atoms with Gasteiger partial charge in [-0.2, -0.15) is 0 Å². The van der Waals surface area contributed by atoms with E-state index in [-0.39, 0.29) is 17.9 Å². The van der Waals surface area contributed by atoms with Crippen molar-refractivity contribution in [1.29, 1.82) is 0 Å². The van der Waals surface area contributed by atoms with Crippen molar-refractivity contribution >= 4 is 35.2 Å². The fraction of sp³-hybridized carbons (Fsp3) is 0.211. The highest BCUT2D eigenvalue weighted by Crippen LogP contribution is 2.23. The third kappa shape index (κ3) is 4.09. The molecule has 0 aliphatic carbocycles. The molecule has 6 heteroatoms. The molecule has 1 aliphatic heterocycles. The zero-order chi connectivity index (χ0) is 18.0. The summed E-state index contributed by atoms with van der Waals surface area (Å²) in [4.78, 5) is 36.6. The lowest BCUT2D eigenvalue weighted by Gasteiger charge is -2.08. The summed E-state index contributed by atoms with van der Waals surface area (Å²) < 4.78 is 0. The van der Waals surface area contributed by atoms with Crippen LogP contribution in [0.15, 0.2) is 47.4 Å². The number of hydrogen-bond donors (Lipinski definition) is 2. The number of carbonyl (C=O) groups excluding carboxylic acids is 3. The Labute approximate surface area is 150 Å². The van der Waals surface area contributed by atoms with Crippen LogP contribution in [-0.2, 0) is 11.2 Å². The molecule has 3 amide bonds. The maximum atomic E-state index is 12.2. The molecule has 0 aromatic heterocycles. The van der Waals surface area contributed by atoms with Gasteiger partial charge >= 0.3 is 0 Å². The smallest absolute Gasteiger partial charge is 0.259 e. The summed E-state index contributed by atoms with van der Waals surface area (Å²) in [6, 6.07) is 12.6. The second-order valence-corrected chi connectivity index (χ2v) is 7.73. The van der Waals surface area contributed by atoms with E-state index in [1.165, 1.54) is 11.0 Å². The van der Waals surface area contributed by atoms with Gasteiger partial charge < -0.3 is 5.32 Å². The van der Waals surface area contributed by atoms with E-state index in [1.54, 1.807) is 23.9 Å². The highest BCUT2D eigenvalue weighted by atomic mass is 32.2. The van der Waals surface area contributed by atoms with Crippen LogP contribution < -0.4 is 10.6 Å². The number of imide groups is 1. The Morgan fingerprint density at radius 2 is 1.72 bits per heavy atom.